The Balaban J connectivity index is 2.13. The van der Waals surface area contributed by atoms with Crippen LogP contribution >= 0.6 is 15.9 Å². The van der Waals surface area contributed by atoms with Gasteiger partial charge in [-0.2, -0.15) is 0 Å². The van der Waals surface area contributed by atoms with Gasteiger partial charge in [-0.1, -0.05) is 34.1 Å². The van der Waals surface area contributed by atoms with Crippen LogP contribution in [0, 0.1) is 6.92 Å². The average molecular weight is 407 g/mol. The SMILES string of the molecule is COc1ccc(Br)cc1S(=O)(=O)Nc1cc(C)nc2ccccc12. The number of aryl methyl sites for hydroxylation is 1. The molecule has 0 radical (unpaired) electrons. The van der Waals surface area contributed by atoms with E-state index in [2.05, 4.69) is 25.6 Å². The summed E-state index contributed by atoms with van der Waals surface area (Å²) in [5.41, 5.74) is 1.95. The van der Waals surface area contributed by atoms with Gasteiger partial charge in [-0.3, -0.25) is 9.71 Å². The van der Waals surface area contributed by atoms with Gasteiger partial charge < -0.3 is 4.74 Å². The molecule has 3 aromatic rings. The van der Waals surface area contributed by atoms with E-state index in [4.69, 9.17) is 4.74 Å². The molecule has 1 aromatic heterocycles. The first-order chi connectivity index (χ1) is 11.4. The zero-order valence-electron chi connectivity index (χ0n) is 13.1. The summed E-state index contributed by atoms with van der Waals surface area (Å²) in [4.78, 5) is 4.49. The largest absolute Gasteiger partial charge is 0.495 e. The maximum absolute atomic E-state index is 12.9. The minimum atomic E-state index is -3.82. The minimum absolute atomic E-state index is 0.0675. The number of para-hydroxylation sites is 1. The van der Waals surface area contributed by atoms with Crippen LogP contribution < -0.4 is 9.46 Å². The molecule has 24 heavy (non-hydrogen) atoms. The Morgan fingerprint density at radius 1 is 1.12 bits per heavy atom. The Labute approximate surface area is 148 Å². The fraction of sp³-hybridized carbons (Fsp3) is 0.118. The molecule has 0 fully saturated rings. The van der Waals surface area contributed by atoms with Crippen LogP contribution in [0.2, 0.25) is 0 Å². The van der Waals surface area contributed by atoms with E-state index in [1.165, 1.54) is 13.2 Å². The van der Waals surface area contributed by atoms with E-state index < -0.39 is 10.0 Å². The van der Waals surface area contributed by atoms with E-state index in [0.717, 1.165) is 16.6 Å². The number of hydrogen-bond acceptors (Lipinski definition) is 4. The van der Waals surface area contributed by atoms with Gasteiger partial charge in [-0.25, -0.2) is 8.42 Å². The van der Waals surface area contributed by atoms with Crippen molar-refractivity contribution in [3.8, 4) is 5.75 Å². The maximum Gasteiger partial charge on any atom is 0.265 e. The number of anilines is 1. The van der Waals surface area contributed by atoms with Crippen LogP contribution in [-0.4, -0.2) is 20.5 Å². The quantitative estimate of drug-likeness (QED) is 0.707. The number of methoxy groups -OCH3 is 1. The van der Waals surface area contributed by atoms with E-state index in [9.17, 15) is 8.42 Å². The molecule has 0 unspecified atom stereocenters. The van der Waals surface area contributed by atoms with Crippen molar-refractivity contribution in [1.82, 2.24) is 4.98 Å². The number of nitrogens with zero attached hydrogens (tertiary/aromatic N) is 1. The van der Waals surface area contributed by atoms with Gasteiger partial charge in [0.15, 0.2) is 0 Å². The lowest BCUT2D eigenvalue weighted by atomic mass is 10.2. The number of ether oxygens (including phenoxy) is 1. The van der Waals surface area contributed by atoms with Gasteiger partial charge in [-0.15, -0.1) is 0 Å². The van der Waals surface area contributed by atoms with Gasteiger partial charge in [0, 0.05) is 15.6 Å². The number of sulfonamides is 1. The number of hydrogen-bond donors (Lipinski definition) is 1. The first-order valence-corrected chi connectivity index (χ1v) is 9.41. The van der Waals surface area contributed by atoms with Crippen molar-refractivity contribution in [3.05, 3.63) is 58.7 Å². The molecule has 2 aromatic carbocycles. The van der Waals surface area contributed by atoms with Gasteiger partial charge in [0.05, 0.1) is 18.3 Å². The summed E-state index contributed by atoms with van der Waals surface area (Å²) in [6.45, 7) is 1.82. The van der Waals surface area contributed by atoms with Crippen LogP contribution in [0.15, 0.2) is 57.9 Å². The summed E-state index contributed by atoms with van der Waals surface area (Å²) in [7, 11) is -2.38. The highest BCUT2D eigenvalue weighted by atomic mass is 79.9. The predicted octanol–water partition coefficient (Wildman–Crippen LogP) is 4.12. The monoisotopic (exact) mass is 406 g/mol. The molecule has 3 rings (SSSR count). The van der Waals surface area contributed by atoms with Crippen molar-refractivity contribution in [2.75, 3.05) is 11.8 Å². The molecule has 0 spiro atoms. The molecule has 7 heteroatoms. The van der Waals surface area contributed by atoms with E-state index >= 15 is 0 Å². The Morgan fingerprint density at radius 3 is 2.62 bits per heavy atom. The summed E-state index contributed by atoms with van der Waals surface area (Å²) in [5, 5.41) is 0.737. The molecule has 0 atom stereocenters. The van der Waals surface area contributed by atoms with Crippen LogP contribution in [0.3, 0.4) is 0 Å². The fourth-order valence-corrected chi connectivity index (χ4v) is 4.23. The average Bonchev–Trinajstić information content (AvgIpc) is 2.54. The third-order valence-electron chi connectivity index (χ3n) is 3.50. The van der Waals surface area contributed by atoms with Gasteiger partial charge in [0.25, 0.3) is 10.0 Å². The topological polar surface area (TPSA) is 68.3 Å². The summed E-state index contributed by atoms with van der Waals surface area (Å²) < 4.78 is 34.2. The molecule has 0 saturated heterocycles. The second-order valence-electron chi connectivity index (χ2n) is 5.23. The Kier molecular flexibility index (Phi) is 4.47. The van der Waals surface area contributed by atoms with Crippen LogP contribution in [0.1, 0.15) is 5.69 Å². The standard InChI is InChI=1S/C17H15BrN2O3S/c1-11-9-15(13-5-3-4-6-14(13)19-11)20-24(21,22)17-10-12(18)7-8-16(17)23-2/h3-10H,1-2H3,(H,19,20). The zero-order valence-corrected chi connectivity index (χ0v) is 15.5. The zero-order chi connectivity index (χ0) is 17.3. The number of fused-ring (bicyclic) bond motifs is 1. The molecule has 1 N–H and O–H groups in total. The van der Waals surface area contributed by atoms with Crippen LogP contribution in [0.5, 0.6) is 5.75 Å². The molecule has 1 heterocycles. The molecule has 0 amide bonds. The summed E-state index contributed by atoms with van der Waals surface area (Å²) >= 11 is 3.30. The van der Waals surface area contributed by atoms with Gasteiger partial charge in [0.2, 0.25) is 0 Å². The Hall–Kier alpha value is -2.12. The number of halogens is 1. The minimum Gasteiger partial charge on any atom is -0.495 e. The van der Waals surface area contributed by atoms with Crippen molar-refractivity contribution in [3.63, 3.8) is 0 Å². The summed E-state index contributed by atoms with van der Waals surface area (Å²) in [5.74, 6) is 0.279. The molecular weight excluding hydrogens is 392 g/mol. The highest BCUT2D eigenvalue weighted by Crippen LogP contribution is 2.31. The van der Waals surface area contributed by atoms with Crippen LogP contribution in [-0.2, 0) is 10.0 Å². The van der Waals surface area contributed by atoms with E-state index in [1.807, 2.05) is 31.2 Å². The van der Waals surface area contributed by atoms with Crippen molar-refractivity contribution in [2.24, 2.45) is 0 Å². The van der Waals surface area contributed by atoms with E-state index in [0.29, 0.717) is 10.2 Å². The summed E-state index contributed by atoms with van der Waals surface area (Å²) in [6, 6.07) is 13.9. The molecular formula is C17H15BrN2O3S. The lowest BCUT2D eigenvalue weighted by Gasteiger charge is -2.14. The first-order valence-electron chi connectivity index (χ1n) is 7.13. The van der Waals surface area contributed by atoms with Crippen molar-refractivity contribution < 1.29 is 13.2 Å². The molecule has 0 aliphatic rings. The third-order valence-corrected chi connectivity index (χ3v) is 5.38. The number of nitrogens with one attached hydrogen (secondary N) is 1. The Bertz CT molecular complexity index is 1020. The van der Waals surface area contributed by atoms with Crippen LogP contribution in [0.25, 0.3) is 10.9 Å². The van der Waals surface area contributed by atoms with Gasteiger partial charge in [-0.05, 0) is 37.3 Å². The van der Waals surface area contributed by atoms with E-state index in [1.54, 1.807) is 18.2 Å². The lowest BCUT2D eigenvalue weighted by Crippen LogP contribution is -2.14. The second-order valence-corrected chi connectivity index (χ2v) is 7.80. The molecule has 0 aliphatic heterocycles. The predicted molar refractivity (Wildman–Crippen MR) is 98.0 cm³/mol. The maximum atomic E-state index is 12.9. The number of benzene rings is 2. The lowest BCUT2D eigenvalue weighted by molar-refractivity contribution is 0.403. The van der Waals surface area contributed by atoms with E-state index in [-0.39, 0.29) is 10.6 Å². The smallest absolute Gasteiger partial charge is 0.265 e. The van der Waals surface area contributed by atoms with Crippen molar-refractivity contribution in [1.29, 1.82) is 0 Å². The molecule has 0 aliphatic carbocycles. The van der Waals surface area contributed by atoms with Crippen molar-refractivity contribution >= 4 is 42.5 Å². The molecule has 124 valence electrons. The second kappa shape index (κ2) is 6.41. The molecule has 0 saturated carbocycles. The molecule has 0 bridgehead atoms. The number of aromatic nitrogens is 1. The Morgan fingerprint density at radius 2 is 1.88 bits per heavy atom. The van der Waals surface area contributed by atoms with Gasteiger partial charge in [0.1, 0.15) is 10.6 Å². The highest BCUT2D eigenvalue weighted by molar-refractivity contribution is 9.10. The first kappa shape index (κ1) is 16.7. The number of pyridine rings is 1. The highest BCUT2D eigenvalue weighted by Gasteiger charge is 2.21. The van der Waals surface area contributed by atoms with Gasteiger partial charge >= 0.3 is 0 Å². The third kappa shape index (κ3) is 3.22. The van der Waals surface area contributed by atoms with Crippen molar-refractivity contribution in [2.45, 2.75) is 11.8 Å². The fourth-order valence-electron chi connectivity index (χ4n) is 2.45. The number of rotatable bonds is 4. The normalized spacial score (nSPS) is 11.5. The summed E-state index contributed by atoms with van der Waals surface area (Å²) in [6.07, 6.45) is 0. The van der Waals surface area contributed by atoms with Crippen LogP contribution in [0.4, 0.5) is 5.69 Å². The molecule has 5 nitrogen and oxygen atoms in total.